The van der Waals surface area contributed by atoms with Crippen LogP contribution in [-0.4, -0.2) is 49.5 Å². The molecule has 0 bridgehead atoms. The number of rotatable bonds is 9. The van der Waals surface area contributed by atoms with E-state index in [0.29, 0.717) is 20.2 Å². The summed E-state index contributed by atoms with van der Waals surface area (Å²) in [6.45, 7) is -0.476. The molecule has 1 aromatic heterocycles. The molecule has 1 fully saturated rings. The molecule has 0 saturated carbocycles. The van der Waals surface area contributed by atoms with Crippen LogP contribution in [0.4, 0.5) is 10.5 Å². The van der Waals surface area contributed by atoms with Crippen molar-refractivity contribution < 1.29 is 37.8 Å². The Balaban J connectivity index is 1.50. The summed E-state index contributed by atoms with van der Waals surface area (Å²) in [6.07, 6.45) is 1.46. The number of methoxy groups -OCH3 is 2. The standard InChI is InChI=1S/C26H21Br2N3O8/c1-36-19-11-14(21(27)22(28)23(19)38-13-20(32)29-15-6-4-3-5-7-15)10-17-24(33)31(26(35)30-17)12-16-8-9-18(39-16)25(34)37-2/h3-11H,12-13H2,1-2H3,(H,29,32)(H,30,35)/b17-10-. The predicted molar refractivity (Wildman–Crippen MR) is 146 cm³/mol. The summed E-state index contributed by atoms with van der Waals surface area (Å²) in [5, 5.41) is 5.26. The summed E-state index contributed by atoms with van der Waals surface area (Å²) < 4.78 is 22.0. The number of amides is 4. The van der Waals surface area contributed by atoms with E-state index < -0.39 is 17.9 Å². The summed E-state index contributed by atoms with van der Waals surface area (Å²) in [5.41, 5.74) is 1.12. The highest BCUT2D eigenvalue weighted by Gasteiger charge is 2.35. The first kappa shape index (κ1) is 27.9. The number of urea groups is 1. The minimum absolute atomic E-state index is 0.00491. The first-order valence-electron chi connectivity index (χ1n) is 11.3. The second-order valence-corrected chi connectivity index (χ2v) is 9.55. The fourth-order valence-electron chi connectivity index (χ4n) is 3.55. The van der Waals surface area contributed by atoms with E-state index in [9.17, 15) is 19.2 Å². The fourth-order valence-corrected chi connectivity index (χ4v) is 4.50. The molecule has 0 spiro atoms. The minimum Gasteiger partial charge on any atom is -0.493 e. The number of hydrogen-bond acceptors (Lipinski definition) is 8. The van der Waals surface area contributed by atoms with Gasteiger partial charge in [-0.1, -0.05) is 18.2 Å². The summed E-state index contributed by atoms with van der Waals surface area (Å²) in [6, 6.07) is 12.8. The normalized spacial score (nSPS) is 13.8. The molecule has 2 heterocycles. The first-order chi connectivity index (χ1) is 18.7. The number of benzene rings is 2. The van der Waals surface area contributed by atoms with Gasteiger partial charge in [0.1, 0.15) is 11.5 Å². The van der Waals surface area contributed by atoms with Gasteiger partial charge >= 0.3 is 12.0 Å². The highest BCUT2D eigenvalue weighted by molar-refractivity contribution is 9.13. The van der Waals surface area contributed by atoms with Gasteiger partial charge in [-0.2, -0.15) is 0 Å². The van der Waals surface area contributed by atoms with E-state index in [2.05, 4.69) is 47.2 Å². The number of carbonyl (C=O) groups excluding carboxylic acids is 4. The van der Waals surface area contributed by atoms with Gasteiger partial charge in [0.15, 0.2) is 18.1 Å². The lowest BCUT2D eigenvalue weighted by molar-refractivity contribution is -0.123. The monoisotopic (exact) mass is 661 g/mol. The maximum atomic E-state index is 13.0. The second kappa shape index (κ2) is 12.2. The molecule has 1 aliphatic rings. The largest absolute Gasteiger partial charge is 0.493 e. The van der Waals surface area contributed by atoms with Crippen LogP contribution in [0.3, 0.4) is 0 Å². The molecular formula is C26H21Br2N3O8. The lowest BCUT2D eigenvalue weighted by Gasteiger charge is -2.15. The number of esters is 1. The Labute approximate surface area is 239 Å². The fraction of sp³-hybridized carbons (Fsp3) is 0.154. The number of imide groups is 1. The quantitative estimate of drug-likeness (QED) is 0.191. The van der Waals surface area contributed by atoms with Crippen molar-refractivity contribution in [2.75, 3.05) is 26.1 Å². The molecule has 39 heavy (non-hydrogen) atoms. The van der Waals surface area contributed by atoms with Crippen molar-refractivity contribution in [3.63, 3.8) is 0 Å². The van der Waals surface area contributed by atoms with E-state index in [1.54, 1.807) is 30.3 Å². The van der Waals surface area contributed by atoms with Gasteiger partial charge < -0.3 is 29.3 Å². The van der Waals surface area contributed by atoms with Crippen LogP contribution >= 0.6 is 31.9 Å². The van der Waals surface area contributed by atoms with Crippen LogP contribution < -0.4 is 20.1 Å². The zero-order valence-corrected chi connectivity index (χ0v) is 23.8. The van der Waals surface area contributed by atoms with Crippen molar-refractivity contribution in [3.8, 4) is 11.5 Å². The molecule has 0 atom stereocenters. The summed E-state index contributed by atoms with van der Waals surface area (Å²) in [5.74, 6) is -0.920. The van der Waals surface area contributed by atoms with Crippen LogP contribution in [0.5, 0.6) is 11.5 Å². The van der Waals surface area contributed by atoms with Gasteiger partial charge in [0.05, 0.1) is 25.2 Å². The maximum Gasteiger partial charge on any atom is 0.373 e. The zero-order chi connectivity index (χ0) is 28.1. The Morgan fingerprint density at radius 2 is 1.82 bits per heavy atom. The average Bonchev–Trinajstić information content (AvgIpc) is 3.51. The van der Waals surface area contributed by atoms with Crippen LogP contribution in [0.25, 0.3) is 6.08 Å². The van der Waals surface area contributed by atoms with Crippen molar-refractivity contribution in [1.82, 2.24) is 10.2 Å². The SMILES string of the molecule is COC(=O)c1ccc(CN2C(=O)N/C(=C\c3cc(OC)c(OCC(=O)Nc4ccccc4)c(Br)c3Br)C2=O)o1. The molecular weight excluding hydrogens is 642 g/mol. The van der Waals surface area contributed by atoms with Crippen molar-refractivity contribution in [1.29, 1.82) is 0 Å². The van der Waals surface area contributed by atoms with Crippen LogP contribution in [-0.2, 0) is 20.9 Å². The Morgan fingerprint density at radius 3 is 2.51 bits per heavy atom. The van der Waals surface area contributed by atoms with Gasteiger partial charge in [-0.3, -0.25) is 14.5 Å². The summed E-state index contributed by atoms with van der Waals surface area (Å²) in [4.78, 5) is 50.4. The zero-order valence-electron chi connectivity index (χ0n) is 20.6. The molecule has 0 aliphatic carbocycles. The van der Waals surface area contributed by atoms with Gasteiger partial charge in [0.25, 0.3) is 11.8 Å². The van der Waals surface area contributed by atoms with E-state index in [0.717, 1.165) is 4.90 Å². The maximum absolute atomic E-state index is 13.0. The minimum atomic E-state index is -0.673. The number of ether oxygens (including phenoxy) is 3. The van der Waals surface area contributed by atoms with E-state index in [1.165, 1.54) is 32.4 Å². The predicted octanol–water partition coefficient (Wildman–Crippen LogP) is 4.71. The molecule has 0 radical (unpaired) electrons. The van der Waals surface area contributed by atoms with Gasteiger partial charge in [-0.05, 0) is 73.8 Å². The van der Waals surface area contributed by atoms with Crippen molar-refractivity contribution >= 4 is 67.4 Å². The number of hydrogen-bond donors (Lipinski definition) is 2. The Hall–Kier alpha value is -4.10. The smallest absolute Gasteiger partial charge is 0.373 e. The number of para-hydroxylation sites is 1. The van der Waals surface area contributed by atoms with E-state index in [1.807, 2.05) is 6.07 Å². The molecule has 13 heteroatoms. The lowest BCUT2D eigenvalue weighted by Crippen LogP contribution is -2.30. The topological polar surface area (TPSA) is 136 Å². The van der Waals surface area contributed by atoms with Crippen molar-refractivity contribution in [2.45, 2.75) is 6.54 Å². The highest BCUT2D eigenvalue weighted by atomic mass is 79.9. The highest BCUT2D eigenvalue weighted by Crippen LogP contribution is 2.43. The van der Waals surface area contributed by atoms with E-state index in [4.69, 9.17) is 13.9 Å². The molecule has 3 aromatic rings. The lowest BCUT2D eigenvalue weighted by atomic mass is 10.1. The molecule has 1 aliphatic heterocycles. The number of nitrogens with one attached hydrogen (secondary N) is 2. The third-order valence-corrected chi connectivity index (χ3v) is 7.55. The van der Waals surface area contributed by atoms with Gasteiger partial charge in [-0.25, -0.2) is 9.59 Å². The average molecular weight is 663 g/mol. The molecule has 4 rings (SSSR count). The molecule has 1 saturated heterocycles. The molecule has 2 aromatic carbocycles. The number of anilines is 1. The van der Waals surface area contributed by atoms with Gasteiger partial charge in [0, 0.05) is 10.2 Å². The molecule has 0 unspecified atom stereocenters. The second-order valence-electron chi connectivity index (χ2n) is 7.97. The number of nitrogens with zero attached hydrogens (tertiary/aromatic N) is 1. The third kappa shape index (κ3) is 6.32. The van der Waals surface area contributed by atoms with Crippen LogP contribution in [0.2, 0.25) is 0 Å². The Kier molecular flexibility index (Phi) is 8.72. The van der Waals surface area contributed by atoms with E-state index >= 15 is 0 Å². The first-order valence-corrected chi connectivity index (χ1v) is 12.9. The molecule has 4 amide bonds. The summed E-state index contributed by atoms with van der Waals surface area (Å²) in [7, 11) is 2.64. The molecule has 202 valence electrons. The third-order valence-electron chi connectivity index (χ3n) is 5.41. The van der Waals surface area contributed by atoms with Crippen LogP contribution in [0.1, 0.15) is 21.9 Å². The molecule has 11 nitrogen and oxygen atoms in total. The number of carbonyl (C=O) groups is 4. The molecule has 2 N–H and O–H groups in total. The Bertz CT molecular complexity index is 1470. The number of furan rings is 1. The van der Waals surface area contributed by atoms with Crippen LogP contribution in [0.15, 0.2) is 67.6 Å². The number of halogens is 2. The Morgan fingerprint density at radius 1 is 1.08 bits per heavy atom. The van der Waals surface area contributed by atoms with Gasteiger partial charge in [-0.15, -0.1) is 0 Å². The van der Waals surface area contributed by atoms with Crippen LogP contribution in [0, 0.1) is 0 Å². The van der Waals surface area contributed by atoms with Crippen molar-refractivity contribution in [3.05, 3.63) is 80.3 Å². The van der Waals surface area contributed by atoms with Gasteiger partial charge in [0.2, 0.25) is 5.76 Å². The van der Waals surface area contributed by atoms with E-state index in [-0.39, 0.29) is 47.8 Å². The summed E-state index contributed by atoms with van der Waals surface area (Å²) >= 11 is 6.91. The van der Waals surface area contributed by atoms with Crippen molar-refractivity contribution in [2.24, 2.45) is 0 Å².